The number of carbonyl (C=O) groups is 1. The van der Waals surface area contributed by atoms with Gasteiger partial charge in [0, 0.05) is 18.2 Å². The zero-order valence-corrected chi connectivity index (χ0v) is 12.7. The Morgan fingerprint density at radius 3 is 2.86 bits per heavy atom. The normalized spacial score (nSPS) is 23.3. The van der Waals surface area contributed by atoms with Crippen LogP contribution in [-0.2, 0) is 0 Å². The van der Waals surface area contributed by atoms with E-state index in [1.165, 1.54) is 12.8 Å². The number of methoxy groups -OCH3 is 1. The van der Waals surface area contributed by atoms with Gasteiger partial charge in [0.25, 0.3) is 5.91 Å². The van der Waals surface area contributed by atoms with Crippen molar-refractivity contribution in [1.82, 2.24) is 10.2 Å². The number of hydrogen-bond donors (Lipinski definition) is 1. The van der Waals surface area contributed by atoms with Crippen LogP contribution in [-0.4, -0.2) is 43.6 Å². The second kappa shape index (κ2) is 6.48. The summed E-state index contributed by atoms with van der Waals surface area (Å²) in [6.07, 6.45) is 4.66. The standard InChI is InChI=1S/C17H24N2O2/c1-21-15-5-2-4-14(12-15)17(20)19-11-3-6-16(19)13-7-9-18-10-8-13/h2,4-5,12-13,16,18H,3,6-11H2,1H3. The third kappa shape index (κ3) is 3.05. The molecule has 2 saturated heterocycles. The quantitative estimate of drug-likeness (QED) is 0.928. The maximum atomic E-state index is 12.8. The molecule has 0 saturated carbocycles. The van der Waals surface area contributed by atoms with Crippen molar-refractivity contribution < 1.29 is 9.53 Å². The first-order valence-electron chi connectivity index (χ1n) is 7.95. The van der Waals surface area contributed by atoms with Gasteiger partial charge in [-0.05, 0) is 62.9 Å². The number of amides is 1. The van der Waals surface area contributed by atoms with Gasteiger partial charge in [0.2, 0.25) is 0 Å². The first-order valence-corrected chi connectivity index (χ1v) is 7.95. The minimum absolute atomic E-state index is 0.162. The van der Waals surface area contributed by atoms with Crippen LogP contribution in [0.4, 0.5) is 0 Å². The summed E-state index contributed by atoms with van der Waals surface area (Å²) in [7, 11) is 1.64. The summed E-state index contributed by atoms with van der Waals surface area (Å²) in [5.41, 5.74) is 0.746. The third-order valence-electron chi connectivity index (χ3n) is 4.80. The van der Waals surface area contributed by atoms with E-state index in [1.807, 2.05) is 24.3 Å². The second-order valence-electron chi connectivity index (χ2n) is 6.03. The Morgan fingerprint density at radius 2 is 2.10 bits per heavy atom. The summed E-state index contributed by atoms with van der Waals surface area (Å²) < 4.78 is 5.23. The Morgan fingerprint density at radius 1 is 1.29 bits per heavy atom. The van der Waals surface area contributed by atoms with Crippen molar-refractivity contribution >= 4 is 5.91 Å². The van der Waals surface area contributed by atoms with Crippen LogP contribution in [0.2, 0.25) is 0 Å². The summed E-state index contributed by atoms with van der Waals surface area (Å²) in [5.74, 6) is 1.57. The maximum Gasteiger partial charge on any atom is 0.254 e. The van der Waals surface area contributed by atoms with Crippen molar-refractivity contribution in [2.75, 3.05) is 26.7 Å². The number of rotatable bonds is 3. The Balaban J connectivity index is 1.75. The molecule has 2 fully saturated rings. The summed E-state index contributed by atoms with van der Waals surface area (Å²) in [4.78, 5) is 14.9. The van der Waals surface area contributed by atoms with Crippen LogP contribution in [0.3, 0.4) is 0 Å². The Bertz CT molecular complexity index is 497. The number of likely N-dealkylation sites (tertiary alicyclic amines) is 1. The lowest BCUT2D eigenvalue weighted by molar-refractivity contribution is 0.0666. The molecule has 0 aliphatic carbocycles. The highest BCUT2D eigenvalue weighted by atomic mass is 16.5. The Labute approximate surface area is 126 Å². The molecule has 0 spiro atoms. The molecule has 1 N–H and O–H groups in total. The highest BCUT2D eigenvalue weighted by molar-refractivity contribution is 5.95. The number of piperidine rings is 1. The van der Waals surface area contributed by atoms with E-state index in [-0.39, 0.29) is 5.91 Å². The van der Waals surface area contributed by atoms with Gasteiger partial charge in [-0.3, -0.25) is 4.79 Å². The predicted octanol–water partition coefficient (Wildman–Crippen LogP) is 2.30. The Hall–Kier alpha value is -1.55. The fourth-order valence-electron chi connectivity index (χ4n) is 3.69. The van der Waals surface area contributed by atoms with Crippen molar-refractivity contribution in [2.24, 2.45) is 5.92 Å². The van der Waals surface area contributed by atoms with Crippen LogP contribution < -0.4 is 10.1 Å². The van der Waals surface area contributed by atoms with E-state index in [2.05, 4.69) is 10.2 Å². The first-order chi connectivity index (χ1) is 10.3. The molecule has 4 nitrogen and oxygen atoms in total. The first kappa shape index (κ1) is 14.4. The van der Waals surface area contributed by atoms with E-state index in [0.717, 1.165) is 43.8 Å². The van der Waals surface area contributed by atoms with Crippen LogP contribution in [0.25, 0.3) is 0 Å². The van der Waals surface area contributed by atoms with Gasteiger partial charge in [-0.2, -0.15) is 0 Å². The molecule has 21 heavy (non-hydrogen) atoms. The van der Waals surface area contributed by atoms with E-state index in [1.54, 1.807) is 7.11 Å². The largest absolute Gasteiger partial charge is 0.497 e. The predicted molar refractivity (Wildman–Crippen MR) is 82.6 cm³/mol. The average molecular weight is 288 g/mol. The molecule has 2 aliphatic rings. The molecule has 114 valence electrons. The van der Waals surface area contributed by atoms with Crippen LogP contribution in [0.1, 0.15) is 36.0 Å². The summed E-state index contributed by atoms with van der Waals surface area (Å²) in [5, 5.41) is 3.41. The summed E-state index contributed by atoms with van der Waals surface area (Å²) >= 11 is 0. The highest BCUT2D eigenvalue weighted by Gasteiger charge is 2.35. The minimum Gasteiger partial charge on any atom is -0.497 e. The molecular weight excluding hydrogens is 264 g/mol. The second-order valence-corrected chi connectivity index (χ2v) is 6.03. The van der Waals surface area contributed by atoms with E-state index in [9.17, 15) is 4.79 Å². The molecular formula is C17H24N2O2. The van der Waals surface area contributed by atoms with Crippen LogP contribution in [0, 0.1) is 5.92 Å². The van der Waals surface area contributed by atoms with Gasteiger partial charge in [0.05, 0.1) is 7.11 Å². The lowest BCUT2D eigenvalue weighted by Gasteiger charge is -2.34. The number of nitrogens with one attached hydrogen (secondary N) is 1. The minimum atomic E-state index is 0.162. The molecule has 2 aliphatic heterocycles. The van der Waals surface area contributed by atoms with Crippen molar-refractivity contribution in [3.05, 3.63) is 29.8 Å². The summed E-state index contributed by atoms with van der Waals surface area (Å²) in [6.45, 7) is 3.06. The smallest absolute Gasteiger partial charge is 0.254 e. The lowest BCUT2D eigenvalue weighted by atomic mass is 9.88. The van der Waals surface area contributed by atoms with Gasteiger partial charge >= 0.3 is 0 Å². The van der Waals surface area contributed by atoms with Crippen molar-refractivity contribution in [3.8, 4) is 5.75 Å². The molecule has 0 aromatic heterocycles. The monoisotopic (exact) mass is 288 g/mol. The molecule has 1 unspecified atom stereocenters. The van der Waals surface area contributed by atoms with Crippen molar-refractivity contribution in [2.45, 2.75) is 31.7 Å². The van der Waals surface area contributed by atoms with E-state index in [4.69, 9.17) is 4.74 Å². The number of ether oxygens (including phenoxy) is 1. The maximum absolute atomic E-state index is 12.8. The topological polar surface area (TPSA) is 41.6 Å². The number of carbonyl (C=O) groups excluding carboxylic acids is 1. The summed E-state index contributed by atoms with van der Waals surface area (Å²) in [6, 6.07) is 7.93. The van der Waals surface area contributed by atoms with Gasteiger partial charge in [-0.15, -0.1) is 0 Å². The Kier molecular flexibility index (Phi) is 4.44. The zero-order valence-electron chi connectivity index (χ0n) is 12.7. The fourth-order valence-corrected chi connectivity index (χ4v) is 3.69. The van der Waals surface area contributed by atoms with Gasteiger partial charge in [-0.25, -0.2) is 0 Å². The van der Waals surface area contributed by atoms with E-state index in [0.29, 0.717) is 12.0 Å². The molecule has 1 aromatic rings. The van der Waals surface area contributed by atoms with Gasteiger partial charge < -0.3 is 15.0 Å². The third-order valence-corrected chi connectivity index (χ3v) is 4.80. The molecule has 0 bridgehead atoms. The van der Waals surface area contributed by atoms with Crippen molar-refractivity contribution in [1.29, 1.82) is 0 Å². The van der Waals surface area contributed by atoms with Crippen molar-refractivity contribution in [3.63, 3.8) is 0 Å². The number of hydrogen-bond acceptors (Lipinski definition) is 3. The van der Waals surface area contributed by atoms with Crippen LogP contribution in [0.15, 0.2) is 24.3 Å². The van der Waals surface area contributed by atoms with Crippen LogP contribution >= 0.6 is 0 Å². The molecule has 2 heterocycles. The lowest BCUT2D eigenvalue weighted by Crippen LogP contribution is -2.43. The SMILES string of the molecule is COc1cccc(C(=O)N2CCCC2C2CCNCC2)c1. The highest BCUT2D eigenvalue weighted by Crippen LogP contribution is 2.31. The number of nitrogens with zero attached hydrogens (tertiary/aromatic N) is 1. The molecule has 1 amide bonds. The van der Waals surface area contributed by atoms with E-state index < -0.39 is 0 Å². The molecule has 1 atom stereocenters. The molecule has 1 aromatic carbocycles. The van der Waals surface area contributed by atoms with Crippen LogP contribution in [0.5, 0.6) is 5.75 Å². The molecule has 4 heteroatoms. The average Bonchev–Trinajstić information content (AvgIpc) is 3.04. The molecule has 3 rings (SSSR count). The van der Waals surface area contributed by atoms with Gasteiger partial charge in [0.1, 0.15) is 5.75 Å². The van der Waals surface area contributed by atoms with Gasteiger partial charge in [0.15, 0.2) is 0 Å². The van der Waals surface area contributed by atoms with Gasteiger partial charge in [-0.1, -0.05) is 6.07 Å². The molecule has 0 radical (unpaired) electrons. The number of benzene rings is 1. The fraction of sp³-hybridized carbons (Fsp3) is 0.588. The zero-order chi connectivity index (χ0) is 14.7. The van der Waals surface area contributed by atoms with E-state index >= 15 is 0 Å².